The molecule has 5 heteroatoms. The molecule has 0 radical (unpaired) electrons. The number of aliphatic carboxylic acids is 1. The van der Waals surface area contributed by atoms with Crippen LogP contribution in [0.5, 0.6) is 0 Å². The summed E-state index contributed by atoms with van der Waals surface area (Å²) in [5.74, 6) is -0.797. The van der Waals surface area contributed by atoms with Gasteiger partial charge in [-0.2, -0.15) is 0 Å². The molecule has 0 aromatic carbocycles. The molecule has 1 rings (SSSR count). The van der Waals surface area contributed by atoms with Crippen molar-refractivity contribution in [1.29, 1.82) is 0 Å². The maximum absolute atomic E-state index is 10.6. The highest BCUT2D eigenvalue weighted by Gasteiger charge is 2.13. The van der Waals surface area contributed by atoms with E-state index in [9.17, 15) is 4.79 Å². The van der Waals surface area contributed by atoms with Crippen LogP contribution in [0.25, 0.3) is 0 Å². The summed E-state index contributed by atoms with van der Waals surface area (Å²) in [5, 5.41) is 9.66. The number of thiazole rings is 1. The Morgan fingerprint density at radius 1 is 1.56 bits per heavy atom. The predicted octanol–water partition coefficient (Wildman–Crippen LogP) is 2.31. The van der Waals surface area contributed by atoms with Crippen LogP contribution in [0.2, 0.25) is 0 Å². The third kappa shape index (κ3) is 3.48. The van der Waals surface area contributed by atoms with E-state index in [2.05, 4.69) is 16.8 Å². The number of carbonyl (C=O) groups is 1. The molecule has 0 atom stereocenters. The van der Waals surface area contributed by atoms with Crippen LogP contribution < -0.4 is 4.90 Å². The molecule has 0 aliphatic heterocycles. The fourth-order valence-corrected chi connectivity index (χ4v) is 2.41. The van der Waals surface area contributed by atoms with Crippen LogP contribution >= 0.6 is 11.3 Å². The van der Waals surface area contributed by atoms with Crippen LogP contribution in [0.3, 0.4) is 0 Å². The van der Waals surface area contributed by atoms with Gasteiger partial charge >= 0.3 is 5.97 Å². The highest BCUT2D eigenvalue weighted by molar-refractivity contribution is 7.15. The molecule has 1 N–H and O–H groups in total. The smallest absolute Gasteiger partial charge is 0.308 e. The first-order valence-corrected chi connectivity index (χ1v) is 6.25. The van der Waals surface area contributed by atoms with E-state index in [0.29, 0.717) is 0 Å². The van der Waals surface area contributed by atoms with Crippen LogP contribution in [0.1, 0.15) is 30.3 Å². The maximum Gasteiger partial charge on any atom is 0.308 e. The Hall–Kier alpha value is -1.10. The molecule has 1 heterocycles. The zero-order valence-electron chi connectivity index (χ0n) is 9.99. The van der Waals surface area contributed by atoms with Crippen molar-refractivity contribution in [2.24, 2.45) is 0 Å². The molecule has 1 aromatic heterocycles. The zero-order chi connectivity index (χ0) is 12.1. The lowest BCUT2D eigenvalue weighted by Crippen LogP contribution is -2.17. The van der Waals surface area contributed by atoms with Gasteiger partial charge in [0, 0.05) is 18.5 Å². The fourth-order valence-electron chi connectivity index (χ4n) is 1.37. The lowest BCUT2D eigenvalue weighted by molar-refractivity contribution is -0.136. The molecular weight excluding hydrogens is 224 g/mol. The zero-order valence-corrected chi connectivity index (χ0v) is 10.8. The van der Waals surface area contributed by atoms with Gasteiger partial charge in [0.05, 0.1) is 12.1 Å². The van der Waals surface area contributed by atoms with Crippen LogP contribution in [0.15, 0.2) is 0 Å². The number of anilines is 1. The van der Waals surface area contributed by atoms with Crippen molar-refractivity contribution in [3.63, 3.8) is 0 Å². The van der Waals surface area contributed by atoms with Gasteiger partial charge in [-0.25, -0.2) is 4.98 Å². The van der Waals surface area contributed by atoms with Crippen molar-refractivity contribution in [1.82, 2.24) is 4.98 Å². The average molecular weight is 242 g/mol. The van der Waals surface area contributed by atoms with Crippen LogP contribution in [-0.2, 0) is 11.2 Å². The number of nitrogens with zero attached hydrogens (tertiary/aromatic N) is 2. The van der Waals surface area contributed by atoms with E-state index in [1.54, 1.807) is 0 Å². The Morgan fingerprint density at radius 3 is 2.81 bits per heavy atom. The Bertz CT molecular complexity index is 363. The van der Waals surface area contributed by atoms with Crippen LogP contribution in [0.4, 0.5) is 5.13 Å². The molecule has 0 fully saturated rings. The van der Waals surface area contributed by atoms with Gasteiger partial charge in [-0.1, -0.05) is 13.3 Å². The summed E-state index contributed by atoms with van der Waals surface area (Å²) in [4.78, 5) is 18.0. The van der Waals surface area contributed by atoms with Crippen molar-refractivity contribution in [3.05, 3.63) is 10.6 Å². The Morgan fingerprint density at radius 2 is 2.25 bits per heavy atom. The largest absolute Gasteiger partial charge is 0.481 e. The summed E-state index contributed by atoms with van der Waals surface area (Å²) in [5.41, 5.74) is 0.839. The van der Waals surface area contributed by atoms with Gasteiger partial charge in [0.15, 0.2) is 5.13 Å². The molecule has 0 saturated carbocycles. The van der Waals surface area contributed by atoms with Gasteiger partial charge in [-0.3, -0.25) is 4.79 Å². The van der Waals surface area contributed by atoms with Gasteiger partial charge in [0.1, 0.15) is 0 Å². The number of carboxylic acid groups (broad SMARTS) is 1. The quantitative estimate of drug-likeness (QED) is 0.831. The van der Waals surface area contributed by atoms with Gasteiger partial charge in [-0.15, -0.1) is 11.3 Å². The Labute approximate surface area is 99.9 Å². The number of hydrogen-bond donors (Lipinski definition) is 1. The summed E-state index contributed by atoms with van der Waals surface area (Å²) < 4.78 is 0. The monoisotopic (exact) mass is 242 g/mol. The third-order valence-electron chi connectivity index (χ3n) is 2.37. The lowest BCUT2D eigenvalue weighted by atomic mass is 10.3. The van der Waals surface area contributed by atoms with Crippen molar-refractivity contribution in [2.45, 2.75) is 33.1 Å². The van der Waals surface area contributed by atoms with E-state index in [1.807, 2.05) is 14.0 Å². The first kappa shape index (κ1) is 13.0. The highest BCUT2D eigenvalue weighted by Crippen LogP contribution is 2.25. The molecule has 0 saturated heterocycles. The standard InChI is InChI=1S/C11H18N2O2S/c1-4-5-6-13(3)11-12-8(2)9(16-11)7-10(14)15/h4-7H2,1-3H3,(H,14,15). The topological polar surface area (TPSA) is 53.4 Å². The number of aromatic nitrogens is 1. The number of hydrogen-bond acceptors (Lipinski definition) is 4. The SMILES string of the molecule is CCCCN(C)c1nc(C)c(CC(=O)O)s1. The number of rotatable bonds is 6. The maximum atomic E-state index is 10.6. The van der Waals surface area contributed by atoms with E-state index >= 15 is 0 Å². The predicted molar refractivity (Wildman–Crippen MR) is 66.4 cm³/mol. The molecule has 16 heavy (non-hydrogen) atoms. The minimum atomic E-state index is -0.797. The summed E-state index contributed by atoms with van der Waals surface area (Å²) in [6.45, 7) is 4.98. The molecule has 0 amide bonds. The summed E-state index contributed by atoms with van der Waals surface area (Å²) in [6.07, 6.45) is 2.35. The minimum absolute atomic E-state index is 0.0745. The Balaban J connectivity index is 2.71. The second-order valence-electron chi connectivity index (χ2n) is 3.85. The number of carboxylic acids is 1. The van der Waals surface area contributed by atoms with E-state index in [1.165, 1.54) is 11.3 Å². The van der Waals surface area contributed by atoms with E-state index in [0.717, 1.165) is 35.1 Å². The van der Waals surface area contributed by atoms with Crippen molar-refractivity contribution in [3.8, 4) is 0 Å². The average Bonchev–Trinajstić information content (AvgIpc) is 2.56. The normalized spacial score (nSPS) is 10.4. The van der Waals surface area contributed by atoms with Crippen molar-refractivity contribution < 1.29 is 9.90 Å². The second kappa shape index (κ2) is 5.84. The van der Waals surface area contributed by atoms with Crippen molar-refractivity contribution in [2.75, 3.05) is 18.5 Å². The van der Waals surface area contributed by atoms with Crippen LogP contribution in [0, 0.1) is 6.92 Å². The molecule has 0 spiro atoms. The lowest BCUT2D eigenvalue weighted by Gasteiger charge is -2.14. The molecule has 90 valence electrons. The van der Waals surface area contributed by atoms with Crippen molar-refractivity contribution >= 4 is 22.4 Å². The van der Waals surface area contributed by atoms with Crippen LogP contribution in [-0.4, -0.2) is 29.7 Å². The van der Waals surface area contributed by atoms with E-state index in [4.69, 9.17) is 5.11 Å². The summed E-state index contributed by atoms with van der Waals surface area (Å²) >= 11 is 1.48. The second-order valence-corrected chi connectivity index (χ2v) is 4.91. The Kier molecular flexibility index (Phi) is 4.73. The van der Waals surface area contributed by atoms with Gasteiger partial charge in [-0.05, 0) is 13.3 Å². The highest BCUT2D eigenvalue weighted by atomic mass is 32.1. The number of unbranched alkanes of at least 4 members (excludes halogenated alkanes) is 1. The molecule has 0 unspecified atom stereocenters. The number of aryl methyl sites for hydroxylation is 1. The van der Waals surface area contributed by atoms with E-state index in [-0.39, 0.29) is 6.42 Å². The van der Waals surface area contributed by atoms with E-state index < -0.39 is 5.97 Å². The molecule has 1 aromatic rings. The summed E-state index contributed by atoms with van der Waals surface area (Å²) in [6, 6.07) is 0. The molecule has 0 aliphatic rings. The molecule has 0 bridgehead atoms. The first-order chi connectivity index (χ1) is 7.54. The fraction of sp³-hybridized carbons (Fsp3) is 0.636. The first-order valence-electron chi connectivity index (χ1n) is 5.43. The molecule has 4 nitrogen and oxygen atoms in total. The molecular formula is C11H18N2O2S. The minimum Gasteiger partial charge on any atom is -0.481 e. The third-order valence-corrected chi connectivity index (χ3v) is 3.64. The van der Waals surface area contributed by atoms with Gasteiger partial charge < -0.3 is 10.0 Å². The van der Waals surface area contributed by atoms with Gasteiger partial charge in [0.2, 0.25) is 0 Å². The molecule has 0 aliphatic carbocycles. The summed E-state index contributed by atoms with van der Waals surface area (Å²) in [7, 11) is 2.00. The van der Waals surface area contributed by atoms with Gasteiger partial charge in [0.25, 0.3) is 0 Å².